The molecule has 1 aromatic heterocycles. The quantitative estimate of drug-likeness (QED) is 0.654. The molecular formula is C22H17FN2O3S. The van der Waals surface area contributed by atoms with Crippen molar-refractivity contribution in [3.63, 3.8) is 0 Å². The van der Waals surface area contributed by atoms with E-state index in [4.69, 9.17) is 9.73 Å². The van der Waals surface area contributed by atoms with Crippen molar-refractivity contribution < 1.29 is 13.9 Å². The zero-order valence-electron chi connectivity index (χ0n) is 15.8. The van der Waals surface area contributed by atoms with E-state index in [0.29, 0.717) is 15.1 Å². The molecule has 146 valence electrons. The molecule has 3 unspecified atom stereocenters. The first-order valence-corrected chi connectivity index (χ1v) is 10.1. The number of halogens is 1. The van der Waals surface area contributed by atoms with Crippen LogP contribution in [0.3, 0.4) is 0 Å². The summed E-state index contributed by atoms with van der Waals surface area (Å²) in [5, 5.41) is 0. The third kappa shape index (κ3) is 2.68. The lowest BCUT2D eigenvalue weighted by atomic mass is 9.79. The number of carbonyl (C=O) groups is 1. The molecule has 0 fully saturated rings. The summed E-state index contributed by atoms with van der Waals surface area (Å²) in [6.45, 7) is 3.30. The second-order valence-corrected chi connectivity index (χ2v) is 8.47. The van der Waals surface area contributed by atoms with Crippen LogP contribution in [0.4, 0.5) is 4.39 Å². The van der Waals surface area contributed by atoms with Gasteiger partial charge in [-0.3, -0.25) is 14.2 Å². The van der Waals surface area contributed by atoms with Crippen molar-refractivity contribution in [2.45, 2.75) is 25.6 Å². The molecule has 0 spiro atoms. The van der Waals surface area contributed by atoms with Crippen molar-refractivity contribution in [2.75, 3.05) is 0 Å². The monoisotopic (exact) mass is 408 g/mol. The summed E-state index contributed by atoms with van der Waals surface area (Å²) >= 11 is 1.25. The van der Waals surface area contributed by atoms with Crippen LogP contribution in [0.1, 0.15) is 31.0 Å². The van der Waals surface area contributed by atoms with Gasteiger partial charge in [0.1, 0.15) is 23.3 Å². The molecule has 5 rings (SSSR count). The molecule has 0 N–H and O–H groups in total. The number of ether oxygens (including phenoxy) is 1. The first kappa shape index (κ1) is 18.0. The molecule has 7 heteroatoms. The lowest BCUT2D eigenvalue weighted by Gasteiger charge is -2.45. The molecule has 3 heterocycles. The molecule has 0 aliphatic carbocycles. The van der Waals surface area contributed by atoms with Gasteiger partial charge in [-0.25, -0.2) is 9.38 Å². The Kier molecular flexibility index (Phi) is 3.86. The first-order valence-electron chi connectivity index (χ1n) is 9.24. The topological polar surface area (TPSA) is 60.7 Å². The zero-order chi connectivity index (χ0) is 20.3. The molecular weight excluding hydrogens is 391 g/mol. The van der Waals surface area contributed by atoms with Crippen LogP contribution in [0, 0.1) is 11.7 Å². The molecule has 29 heavy (non-hydrogen) atoms. The van der Waals surface area contributed by atoms with Gasteiger partial charge >= 0.3 is 0 Å². The van der Waals surface area contributed by atoms with Gasteiger partial charge in [0.15, 0.2) is 4.80 Å². The van der Waals surface area contributed by atoms with Gasteiger partial charge in [0.05, 0.1) is 10.6 Å². The van der Waals surface area contributed by atoms with Crippen LogP contribution >= 0.6 is 11.3 Å². The maximum Gasteiger partial charge on any atom is 0.270 e. The molecule has 2 aliphatic heterocycles. The predicted octanol–water partition coefficient (Wildman–Crippen LogP) is 2.41. The van der Waals surface area contributed by atoms with Gasteiger partial charge in [-0.05, 0) is 43.7 Å². The molecule has 3 aromatic rings. The number of nitrogens with zero attached hydrogens (tertiary/aromatic N) is 2. The van der Waals surface area contributed by atoms with Crippen LogP contribution in [0.5, 0.6) is 5.75 Å². The lowest BCUT2D eigenvalue weighted by molar-refractivity contribution is -0.132. The van der Waals surface area contributed by atoms with Gasteiger partial charge in [-0.1, -0.05) is 41.7 Å². The fraction of sp³-hybridized carbons (Fsp3) is 0.227. The molecule has 2 aliphatic rings. The van der Waals surface area contributed by atoms with Gasteiger partial charge in [0.25, 0.3) is 5.56 Å². The van der Waals surface area contributed by atoms with Crippen molar-refractivity contribution in [1.29, 1.82) is 0 Å². The Morgan fingerprint density at radius 2 is 1.97 bits per heavy atom. The maximum atomic E-state index is 13.3. The number of para-hydroxylation sites is 1. The van der Waals surface area contributed by atoms with E-state index in [1.54, 1.807) is 29.7 Å². The van der Waals surface area contributed by atoms with Crippen LogP contribution < -0.4 is 19.6 Å². The van der Waals surface area contributed by atoms with Crippen LogP contribution in [-0.4, -0.2) is 16.1 Å². The molecule has 2 aromatic carbocycles. The average Bonchev–Trinajstić information content (AvgIpc) is 2.96. The summed E-state index contributed by atoms with van der Waals surface area (Å²) in [6.07, 6.45) is 1.72. The van der Waals surface area contributed by atoms with Crippen molar-refractivity contribution in [3.8, 4) is 5.75 Å². The SMILES string of the molecule is CC(=O)C1C2c3ccccc3OC1(C)N=c1sc(=Cc3ccc(F)cc3)c(=O)n12. The fourth-order valence-corrected chi connectivity index (χ4v) is 5.37. The molecule has 3 atom stereocenters. The van der Waals surface area contributed by atoms with E-state index in [1.165, 1.54) is 30.4 Å². The van der Waals surface area contributed by atoms with Gasteiger partial charge in [-0.15, -0.1) is 0 Å². The highest BCUT2D eigenvalue weighted by molar-refractivity contribution is 7.07. The van der Waals surface area contributed by atoms with Gasteiger partial charge in [0.2, 0.25) is 5.72 Å². The fourth-order valence-electron chi connectivity index (χ4n) is 4.27. The van der Waals surface area contributed by atoms with E-state index >= 15 is 0 Å². The second kappa shape index (κ2) is 6.22. The Morgan fingerprint density at radius 1 is 1.24 bits per heavy atom. The van der Waals surface area contributed by atoms with E-state index in [0.717, 1.165) is 11.1 Å². The Labute approximate surface area is 169 Å². The highest BCUT2D eigenvalue weighted by atomic mass is 32.1. The predicted molar refractivity (Wildman–Crippen MR) is 107 cm³/mol. The maximum absolute atomic E-state index is 13.3. The number of thiazole rings is 1. The van der Waals surface area contributed by atoms with E-state index in [1.807, 2.05) is 24.3 Å². The van der Waals surface area contributed by atoms with Crippen molar-refractivity contribution in [1.82, 2.24) is 4.57 Å². The molecule has 0 saturated heterocycles. The number of benzene rings is 2. The Bertz CT molecular complexity index is 1330. The summed E-state index contributed by atoms with van der Waals surface area (Å²) in [6, 6.07) is 12.9. The molecule has 0 saturated carbocycles. The van der Waals surface area contributed by atoms with Gasteiger partial charge in [-0.2, -0.15) is 0 Å². The summed E-state index contributed by atoms with van der Waals surface area (Å²) in [5.74, 6) is -0.382. The summed E-state index contributed by atoms with van der Waals surface area (Å²) in [5.41, 5.74) is 0.231. The third-order valence-corrected chi connectivity index (χ3v) is 6.47. The molecule has 0 radical (unpaired) electrons. The lowest BCUT2D eigenvalue weighted by Crippen LogP contribution is -2.58. The molecule has 5 nitrogen and oxygen atoms in total. The van der Waals surface area contributed by atoms with Crippen molar-refractivity contribution in [2.24, 2.45) is 10.9 Å². The summed E-state index contributed by atoms with van der Waals surface area (Å²) < 4.78 is 21.4. The minimum absolute atomic E-state index is 0.0800. The van der Waals surface area contributed by atoms with E-state index < -0.39 is 17.7 Å². The Balaban J connectivity index is 1.80. The number of carbonyl (C=O) groups excluding carboxylic acids is 1. The number of Topliss-reactive ketones (excluding diaryl/α,β-unsaturated/α-hetero) is 1. The standard InChI is InChI=1S/C22H17FN2O3S/c1-12(26)18-19-15-5-3-4-6-16(15)28-22(18,2)24-21-25(19)20(27)17(29-21)11-13-7-9-14(23)10-8-13/h3-11,18-19H,1-2H3. The highest BCUT2D eigenvalue weighted by Crippen LogP contribution is 2.47. The zero-order valence-corrected chi connectivity index (χ0v) is 16.6. The van der Waals surface area contributed by atoms with E-state index in [-0.39, 0.29) is 17.2 Å². The minimum atomic E-state index is -1.07. The van der Waals surface area contributed by atoms with Gasteiger partial charge < -0.3 is 4.74 Å². The minimum Gasteiger partial charge on any atom is -0.465 e. The van der Waals surface area contributed by atoms with Crippen LogP contribution in [0.15, 0.2) is 58.3 Å². The molecule has 0 amide bonds. The normalized spacial score (nSPS) is 24.9. The largest absolute Gasteiger partial charge is 0.465 e. The summed E-state index contributed by atoms with van der Waals surface area (Å²) in [7, 11) is 0. The Hall–Kier alpha value is -3.06. The number of fused-ring (bicyclic) bond motifs is 6. The number of hydrogen-bond acceptors (Lipinski definition) is 5. The number of aromatic nitrogens is 1. The number of ketones is 1. The van der Waals surface area contributed by atoms with Gasteiger partial charge in [0, 0.05) is 5.56 Å². The number of rotatable bonds is 2. The van der Waals surface area contributed by atoms with Crippen LogP contribution in [0.25, 0.3) is 6.08 Å². The second-order valence-electron chi connectivity index (χ2n) is 7.46. The van der Waals surface area contributed by atoms with E-state index in [9.17, 15) is 14.0 Å². The van der Waals surface area contributed by atoms with Crippen LogP contribution in [0.2, 0.25) is 0 Å². The number of hydrogen-bond donors (Lipinski definition) is 0. The third-order valence-electron chi connectivity index (χ3n) is 5.49. The van der Waals surface area contributed by atoms with Crippen molar-refractivity contribution in [3.05, 3.63) is 85.2 Å². The first-order chi connectivity index (χ1) is 13.9. The average molecular weight is 408 g/mol. The van der Waals surface area contributed by atoms with E-state index in [2.05, 4.69) is 0 Å². The smallest absolute Gasteiger partial charge is 0.270 e. The summed E-state index contributed by atoms with van der Waals surface area (Å²) in [4.78, 5) is 31.1. The Morgan fingerprint density at radius 3 is 2.69 bits per heavy atom. The van der Waals surface area contributed by atoms with Crippen molar-refractivity contribution >= 4 is 23.2 Å². The highest BCUT2D eigenvalue weighted by Gasteiger charge is 2.53. The van der Waals surface area contributed by atoms with Crippen LogP contribution in [-0.2, 0) is 4.79 Å². The molecule has 2 bridgehead atoms.